The molecule has 0 aliphatic heterocycles. The summed E-state index contributed by atoms with van der Waals surface area (Å²) in [6.45, 7) is 4.02. The normalized spacial score (nSPS) is 12.2. The predicted molar refractivity (Wildman–Crippen MR) is 87.3 cm³/mol. The Bertz CT molecular complexity index is 549. The van der Waals surface area contributed by atoms with Crippen LogP contribution in [-0.4, -0.2) is 29.6 Å². The van der Waals surface area contributed by atoms with E-state index in [1.54, 1.807) is 19.1 Å². The molecule has 0 saturated heterocycles. The molecule has 1 aromatic carbocycles. The van der Waals surface area contributed by atoms with Gasteiger partial charge in [0.25, 0.3) is 5.91 Å². The molecule has 0 aromatic heterocycles. The van der Waals surface area contributed by atoms with Gasteiger partial charge >= 0.3 is 5.97 Å². The number of rotatable bonds is 6. The van der Waals surface area contributed by atoms with E-state index in [0.717, 1.165) is 6.08 Å². The van der Waals surface area contributed by atoms with E-state index in [0.29, 0.717) is 26.8 Å². The number of hydrogen-bond acceptors (Lipinski definition) is 3. The Morgan fingerprint density at radius 3 is 2.43 bits per heavy atom. The van der Waals surface area contributed by atoms with E-state index in [9.17, 15) is 9.59 Å². The Labute approximate surface area is 139 Å². The van der Waals surface area contributed by atoms with Crippen molar-refractivity contribution >= 4 is 49.8 Å². The Morgan fingerprint density at radius 1 is 1.38 bits per heavy atom. The minimum atomic E-state index is -1.02. The van der Waals surface area contributed by atoms with Gasteiger partial charge in [-0.2, -0.15) is 0 Å². The lowest BCUT2D eigenvalue weighted by Crippen LogP contribution is -2.36. The fraction of sp³-hybridized carbons (Fsp3) is 0.286. The zero-order valence-corrected chi connectivity index (χ0v) is 14.7. The number of aliphatic carboxylic acids is 1. The molecule has 7 heteroatoms. The predicted octanol–water partition coefficient (Wildman–Crippen LogP) is 3.21. The van der Waals surface area contributed by atoms with Crippen LogP contribution >= 0.6 is 31.9 Å². The summed E-state index contributed by atoms with van der Waals surface area (Å²) in [7, 11) is 0. The molecule has 1 aromatic rings. The lowest BCUT2D eigenvalue weighted by Gasteiger charge is -2.17. The third-order valence-electron chi connectivity index (χ3n) is 2.45. The van der Waals surface area contributed by atoms with Crippen LogP contribution in [0.4, 0.5) is 0 Å². The minimum absolute atomic E-state index is 0.203. The molecule has 0 spiro atoms. The summed E-state index contributed by atoms with van der Waals surface area (Å²) >= 11 is 6.71. The molecule has 0 fully saturated rings. The molecule has 114 valence electrons. The molecule has 0 bridgehead atoms. The van der Waals surface area contributed by atoms with E-state index >= 15 is 0 Å². The lowest BCUT2D eigenvalue weighted by atomic mass is 10.2. The van der Waals surface area contributed by atoms with Crippen LogP contribution in [0.15, 0.2) is 27.2 Å². The second-order valence-electron chi connectivity index (χ2n) is 4.14. The maximum Gasteiger partial charge on any atom is 0.328 e. The molecule has 1 rings (SSSR count). The van der Waals surface area contributed by atoms with Gasteiger partial charge in [0.15, 0.2) is 6.10 Å². The number of carboxylic acids is 1. The van der Waals surface area contributed by atoms with Crippen LogP contribution in [0.25, 0.3) is 6.08 Å². The number of hydrogen-bond donors (Lipinski definition) is 2. The third-order valence-corrected chi connectivity index (χ3v) is 3.63. The molecule has 21 heavy (non-hydrogen) atoms. The van der Waals surface area contributed by atoms with Crippen molar-refractivity contribution in [2.24, 2.45) is 0 Å². The summed E-state index contributed by atoms with van der Waals surface area (Å²) < 4.78 is 6.87. The number of carbonyl (C=O) groups excluding carboxylic acids is 1. The first-order valence-electron chi connectivity index (χ1n) is 6.19. The number of halogens is 2. The maximum atomic E-state index is 11.7. The van der Waals surface area contributed by atoms with Crippen LogP contribution in [0, 0.1) is 0 Å². The van der Waals surface area contributed by atoms with Crippen LogP contribution in [0.5, 0.6) is 5.75 Å². The molecule has 1 atom stereocenters. The minimum Gasteiger partial charge on any atom is -0.479 e. The van der Waals surface area contributed by atoms with E-state index in [1.165, 1.54) is 6.08 Å². The van der Waals surface area contributed by atoms with Gasteiger partial charge in [0.1, 0.15) is 5.75 Å². The first-order chi connectivity index (χ1) is 9.85. The summed E-state index contributed by atoms with van der Waals surface area (Å²) in [6, 6.07) is 3.42. The van der Waals surface area contributed by atoms with Gasteiger partial charge in [0, 0.05) is 12.6 Å². The Hall–Kier alpha value is -1.34. The highest BCUT2D eigenvalue weighted by molar-refractivity contribution is 9.11. The highest BCUT2D eigenvalue weighted by atomic mass is 79.9. The zero-order chi connectivity index (χ0) is 16.0. The van der Waals surface area contributed by atoms with Gasteiger partial charge in [-0.15, -0.1) is 0 Å². The second kappa shape index (κ2) is 8.19. The number of carboxylic acid groups (broad SMARTS) is 1. The lowest BCUT2D eigenvalue weighted by molar-refractivity contribution is -0.131. The van der Waals surface area contributed by atoms with Gasteiger partial charge in [-0.3, -0.25) is 4.79 Å². The standard InChI is InChI=1S/C14H15Br2NO4/c1-3-17-14(20)8(2)21-13-10(15)6-9(7-11(13)16)4-5-12(18)19/h4-8H,3H2,1-2H3,(H,17,20)(H,18,19)/b5-4+. The molecule has 1 unspecified atom stereocenters. The monoisotopic (exact) mass is 419 g/mol. The Morgan fingerprint density at radius 2 is 1.95 bits per heavy atom. The van der Waals surface area contributed by atoms with Gasteiger partial charge in [-0.25, -0.2) is 4.79 Å². The summed E-state index contributed by atoms with van der Waals surface area (Å²) in [5.41, 5.74) is 0.689. The van der Waals surface area contributed by atoms with E-state index in [1.807, 2.05) is 6.92 Å². The fourth-order valence-corrected chi connectivity index (χ4v) is 2.91. The molecule has 2 N–H and O–H groups in total. The molecular formula is C14H15Br2NO4. The van der Waals surface area contributed by atoms with E-state index < -0.39 is 12.1 Å². The zero-order valence-electron chi connectivity index (χ0n) is 11.5. The number of benzene rings is 1. The first-order valence-corrected chi connectivity index (χ1v) is 7.78. The van der Waals surface area contributed by atoms with Crippen molar-refractivity contribution < 1.29 is 19.4 Å². The van der Waals surface area contributed by atoms with Gasteiger partial charge in [-0.05, 0) is 69.5 Å². The second-order valence-corrected chi connectivity index (χ2v) is 5.85. The molecule has 0 aliphatic rings. The molecule has 0 aliphatic carbocycles. The van der Waals surface area contributed by atoms with Crippen LogP contribution in [-0.2, 0) is 9.59 Å². The first kappa shape index (κ1) is 17.7. The molecule has 5 nitrogen and oxygen atoms in total. The van der Waals surface area contributed by atoms with Gasteiger partial charge in [0.05, 0.1) is 8.95 Å². The highest BCUT2D eigenvalue weighted by Crippen LogP contribution is 2.35. The molecule has 1 amide bonds. The molecular weight excluding hydrogens is 406 g/mol. The largest absolute Gasteiger partial charge is 0.479 e. The number of ether oxygens (including phenoxy) is 1. The smallest absolute Gasteiger partial charge is 0.328 e. The molecule has 0 radical (unpaired) electrons. The number of nitrogens with one attached hydrogen (secondary N) is 1. The maximum absolute atomic E-state index is 11.7. The highest BCUT2D eigenvalue weighted by Gasteiger charge is 2.17. The van der Waals surface area contributed by atoms with Crippen molar-refractivity contribution in [2.75, 3.05) is 6.54 Å². The van der Waals surface area contributed by atoms with E-state index in [4.69, 9.17) is 9.84 Å². The Balaban J connectivity index is 2.95. The molecule has 0 heterocycles. The van der Waals surface area contributed by atoms with Crippen LogP contribution in [0.3, 0.4) is 0 Å². The summed E-state index contributed by atoms with van der Waals surface area (Å²) in [4.78, 5) is 22.2. The van der Waals surface area contributed by atoms with Crippen molar-refractivity contribution in [1.29, 1.82) is 0 Å². The topological polar surface area (TPSA) is 75.6 Å². The Kier molecular flexibility index (Phi) is 6.91. The molecule has 0 saturated carbocycles. The number of amides is 1. The van der Waals surface area contributed by atoms with Gasteiger partial charge < -0.3 is 15.2 Å². The fourth-order valence-electron chi connectivity index (χ4n) is 1.50. The van der Waals surface area contributed by atoms with Crippen LogP contribution in [0.1, 0.15) is 19.4 Å². The van der Waals surface area contributed by atoms with Crippen LogP contribution < -0.4 is 10.1 Å². The third kappa shape index (κ3) is 5.51. The van der Waals surface area contributed by atoms with Crippen molar-refractivity contribution in [2.45, 2.75) is 20.0 Å². The SMILES string of the molecule is CCNC(=O)C(C)Oc1c(Br)cc(/C=C/C(=O)O)cc1Br. The summed E-state index contributed by atoms with van der Waals surface area (Å²) in [5, 5.41) is 11.3. The van der Waals surface area contributed by atoms with Crippen molar-refractivity contribution in [1.82, 2.24) is 5.32 Å². The van der Waals surface area contributed by atoms with Gasteiger partial charge in [-0.1, -0.05) is 0 Å². The van der Waals surface area contributed by atoms with E-state index in [2.05, 4.69) is 37.2 Å². The quantitative estimate of drug-likeness (QED) is 0.693. The van der Waals surface area contributed by atoms with Crippen molar-refractivity contribution in [3.05, 3.63) is 32.7 Å². The summed E-state index contributed by atoms with van der Waals surface area (Å²) in [5.74, 6) is -0.736. The van der Waals surface area contributed by atoms with Crippen LogP contribution in [0.2, 0.25) is 0 Å². The van der Waals surface area contributed by atoms with Crippen molar-refractivity contribution in [3.8, 4) is 5.75 Å². The van der Waals surface area contributed by atoms with E-state index in [-0.39, 0.29) is 5.91 Å². The average Bonchev–Trinajstić information content (AvgIpc) is 2.40. The van der Waals surface area contributed by atoms with Gasteiger partial charge in [0.2, 0.25) is 0 Å². The number of likely N-dealkylation sites (N-methyl/N-ethyl adjacent to an activating group) is 1. The van der Waals surface area contributed by atoms with Crippen molar-refractivity contribution in [3.63, 3.8) is 0 Å². The summed E-state index contributed by atoms with van der Waals surface area (Å²) in [6.07, 6.45) is 1.87. The number of carbonyl (C=O) groups is 2. The average molecular weight is 421 g/mol.